The average molecular weight is 410 g/mol. The van der Waals surface area contributed by atoms with Gasteiger partial charge in [-0.25, -0.2) is 0 Å². The lowest BCUT2D eigenvalue weighted by Gasteiger charge is -2.20. The van der Waals surface area contributed by atoms with E-state index in [0.29, 0.717) is 13.1 Å². The largest absolute Gasteiger partial charge is 0.481 e. The number of carbonyl (C=O) groups is 2. The fraction of sp³-hybridized carbons (Fsp3) is 0.750. The second-order valence-corrected chi connectivity index (χ2v) is 7.71. The third-order valence-corrected chi connectivity index (χ3v) is 4.96. The Labute approximate surface area is 177 Å². The van der Waals surface area contributed by atoms with Crippen LogP contribution in [0, 0.1) is 0 Å². The van der Waals surface area contributed by atoms with Gasteiger partial charge in [-0.1, -0.05) is 69.8 Å². The molecule has 0 rings (SSSR count). The number of allylic oxidation sites excluding steroid dienone is 4. The van der Waals surface area contributed by atoms with E-state index in [1.807, 2.05) is 4.90 Å². The zero-order chi connectivity index (χ0) is 21.6. The molecule has 0 aliphatic rings. The molecule has 0 saturated carbocycles. The Morgan fingerprint density at radius 2 is 1.14 bits per heavy atom. The van der Waals surface area contributed by atoms with Crippen LogP contribution in [0.2, 0.25) is 0 Å². The molecule has 0 aliphatic carbocycles. The van der Waals surface area contributed by atoms with E-state index in [0.717, 1.165) is 32.2 Å². The summed E-state index contributed by atoms with van der Waals surface area (Å²) in [6.07, 6.45) is 23.6. The van der Waals surface area contributed by atoms with Crippen molar-refractivity contribution in [2.45, 2.75) is 96.8 Å². The van der Waals surface area contributed by atoms with Crippen molar-refractivity contribution in [3.63, 3.8) is 0 Å². The summed E-state index contributed by atoms with van der Waals surface area (Å²) in [5, 5.41) is 17.6. The molecule has 29 heavy (non-hydrogen) atoms. The van der Waals surface area contributed by atoms with Crippen LogP contribution in [0.5, 0.6) is 0 Å². The van der Waals surface area contributed by atoms with Crippen LogP contribution in [0.25, 0.3) is 0 Å². The Kier molecular flexibility index (Phi) is 19.9. The highest BCUT2D eigenvalue weighted by molar-refractivity contribution is 5.67. The molecule has 0 heterocycles. The summed E-state index contributed by atoms with van der Waals surface area (Å²) >= 11 is 0. The average Bonchev–Trinajstić information content (AvgIpc) is 2.68. The molecule has 0 aliphatic heterocycles. The van der Waals surface area contributed by atoms with Crippen molar-refractivity contribution in [3.05, 3.63) is 24.3 Å². The van der Waals surface area contributed by atoms with Crippen LogP contribution < -0.4 is 0 Å². The van der Waals surface area contributed by atoms with Gasteiger partial charge >= 0.3 is 11.9 Å². The van der Waals surface area contributed by atoms with Gasteiger partial charge in [-0.3, -0.25) is 9.59 Å². The van der Waals surface area contributed by atoms with Crippen molar-refractivity contribution in [2.75, 3.05) is 19.6 Å². The van der Waals surface area contributed by atoms with Crippen LogP contribution in [-0.4, -0.2) is 46.7 Å². The Balaban J connectivity index is 3.57. The molecule has 2 N–H and O–H groups in total. The standard InChI is InChI=1S/C24H43NO4/c1-2-3-4-5-6-7-8-9-10-11-12-13-14-15-16-17-20-25(21-18-23(26)27)22-19-24(28)29/h6-7,9-10H,2-5,8,11-22H2,1H3,(H,26,27)(H,28,29)/b7-6-,10-9-. The second kappa shape index (κ2) is 21.1. The van der Waals surface area contributed by atoms with E-state index < -0.39 is 11.9 Å². The van der Waals surface area contributed by atoms with E-state index in [1.54, 1.807) is 0 Å². The van der Waals surface area contributed by atoms with Gasteiger partial charge in [0.1, 0.15) is 0 Å². The van der Waals surface area contributed by atoms with E-state index in [1.165, 1.54) is 51.4 Å². The molecule has 0 atom stereocenters. The first kappa shape index (κ1) is 27.4. The van der Waals surface area contributed by atoms with Crippen molar-refractivity contribution in [2.24, 2.45) is 0 Å². The summed E-state index contributed by atoms with van der Waals surface area (Å²) in [6.45, 7) is 3.89. The quantitative estimate of drug-likeness (QED) is 0.178. The van der Waals surface area contributed by atoms with Gasteiger partial charge in [0.2, 0.25) is 0 Å². The van der Waals surface area contributed by atoms with Gasteiger partial charge in [0, 0.05) is 13.1 Å². The first-order valence-corrected chi connectivity index (χ1v) is 11.5. The van der Waals surface area contributed by atoms with Crippen molar-refractivity contribution in [1.29, 1.82) is 0 Å². The molecule has 0 spiro atoms. The minimum atomic E-state index is -0.831. The van der Waals surface area contributed by atoms with Crippen molar-refractivity contribution in [1.82, 2.24) is 4.90 Å². The molecule has 168 valence electrons. The summed E-state index contributed by atoms with van der Waals surface area (Å²) in [5.41, 5.74) is 0. The Morgan fingerprint density at radius 3 is 1.66 bits per heavy atom. The number of unbranched alkanes of at least 4 members (excludes halogenated alkanes) is 9. The van der Waals surface area contributed by atoms with Gasteiger partial charge in [0.05, 0.1) is 12.8 Å². The fourth-order valence-electron chi connectivity index (χ4n) is 3.17. The van der Waals surface area contributed by atoms with Crippen LogP contribution in [0.1, 0.15) is 96.8 Å². The molecule has 0 radical (unpaired) electrons. The number of carboxylic acid groups (broad SMARTS) is 2. The van der Waals surface area contributed by atoms with E-state index in [-0.39, 0.29) is 12.8 Å². The molecular weight excluding hydrogens is 366 g/mol. The SMILES string of the molecule is CCCCC/C=C\C/C=C\CCCCCCCCN(CCC(=O)O)CCC(=O)O. The fourth-order valence-corrected chi connectivity index (χ4v) is 3.17. The summed E-state index contributed by atoms with van der Waals surface area (Å²) in [6, 6.07) is 0. The summed E-state index contributed by atoms with van der Waals surface area (Å²) in [4.78, 5) is 23.4. The Bertz CT molecular complexity index is 442. The Hall–Kier alpha value is -1.62. The van der Waals surface area contributed by atoms with Gasteiger partial charge in [0.15, 0.2) is 0 Å². The van der Waals surface area contributed by atoms with Crippen LogP contribution in [0.4, 0.5) is 0 Å². The second-order valence-electron chi connectivity index (χ2n) is 7.71. The number of aliphatic carboxylic acids is 2. The van der Waals surface area contributed by atoms with Gasteiger partial charge in [-0.05, 0) is 45.1 Å². The van der Waals surface area contributed by atoms with E-state index in [9.17, 15) is 9.59 Å². The lowest BCUT2D eigenvalue weighted by Crippen LogP contribution is -2.30. The van der Waals surface area contributed by atoms with Crippen LogP contribution in [0.15, 0.2) is 24.3 Å². The van der Waals surface area contributed by atoms with E-state index in [4.69, 9.17) is 10.2 Å². The van der Waals surface area contributed by atoms with E-state index >= 15 is 0 Å². The number of hydrogen-bond acceptors (Lipinski definition) is 3. The maximum absolute atomic E-state index is 10.7. The first-order valence-electron chi connectivity index (χ1n) is 11.5. The van der Waals surface area contributed by atoms with Gasteiger partial charge in [-0.15, -0.1) is 0 Å². The normalized spacial score (nSPS) is 11.8. The molecule has 0 fully saturated rings. The molecule has 0 amide bonds. The minimum absolute atomic E-state index is 0.0712. The first-order chi connectivity index (χ1) is 14.1. The third kappa shape index (κ3) is 22.5. The Morgan fingerprint density at radius 1 is 0.655 bits per heavy atom. The number of hydrogen-bond donors (Lipinski definition) is 2. The van der Waals surface area contributed by atoms with Crippen LogP contribution >= 0.6 is 0 Å². The number of carboxylic acids is 2. The molecule has 0 aromatic carbocycles. The third-order valence-electron chi connectivity index (χ3n) is 4.96. The molecule has 0 aromatic rings. The highest BCUT2D eigenvalue weighted by Gasteiger charge is 2.09. The molecular formula is C24H43NO4. The predicted molar refractivity (Wildman–Crippen MR) is 120 cm³/mol. The van der Waals surface area contributed by atoms with Gasteiger partial charge in [0.25, 0.3) is 0 Å². The lowest BCUT2D eigenvalue weighted by molar-refractivity contribution is -0.137. The molecule has 0 aromatic heterocycles. The molecule has 0 saturated heterocycles. The van der Waals surface area contributed by atoms with Gasteiger partial charge < -0.3 is 15.1 Å². The zero-order valence-electron chi connectivity index (χ0n) is 18.5. The molecule has 5 heteroatoms. The van der Waals surface area contributed by atoms with Crippen molar-refractivity contribution >= 4 is 11.9 Å². The lowest BCUT2D eigenvalue weighted by atomic mass is 10.1. The van der Waals surface area contributed by atoms with Crippen LogP contribution in [-0.2, 0) is 9.59 Å². The molecule has 0 unspecified atom stereocenters. The molecule has 0 bridgehead atoms. The highest BCUT2D eigenvalue weighted by Crippen LogP contribution is 2.09. The topological polar surface area (TPSA) is 77.8 Å². The molecule has 5 nitrogen and oxygen atoms in total. The number of nitrogens with zero attached hydrogens (tertiary/aromatic N) is 1. The summed E-state index contributed by atoms with van der Waals surface area (Å²) in [7, 11) is 0. The highest BCUT2D eigenvalue weighted by atomic mass is 16.4. The van der Waals surface area contributed by atoms with Crippen LogP contribution in [0.3, 0.4) is 0 Å². The van der Waals surface area contributed by atoms with Crippen molar-refractivity contribution < 1.29 is 19.8 Å². The van der Waals surface area contributed by atoms with Gasteiger partial charge in [-0.2, -0.15) is 0 Å². The number of rotatable bonds is 21. The maximum Gasteiger partial charge on any atom is 0.304 e. The van der Waals surface area contributed by atoms with Crippen molar-refractivity contribution in [3.8, 4) is 0 Å². The zero-order valence-corrected chi connectivity index (χ0v) is 18.5. The summed E-state index contributed by atoms with van der Waals surface area (Å²) < 4.78 is 0. The summed E-state index contributed by atoms with van der Waals surface area (Å²) in [5.74, 6) is -1.66. The monoisotopic (exact) mass is 409 g/mol. The predicted octanol–water partition coefficient (Wildman–Crippen LogP) is 6.05. The minimum Gasteiger partial charge on any atom is -0.481 e. The smallest absolute Gasteiger partial charge is 0.304 e. The van der Waals surface area contributed by atoms with E-state index in [2.05, 4.69) is 31.2 Å². The maximum atomic E-state index is 10.7.